The Balaban J connectivity index is 1.64. The van der Waals surface area contributed by atoms with Crippen molar-refractivity contribution in [2.24, 2.45) is 0 Å². The lowest BCUT2D eigenvalue weighted by Gasteiger charge is -2.23. The Morgan fingerprint density at radius 1 is 0.972 bits per heavy atom. The molecule has 0 unspecified atom stereocenters. The summed E-state index contributed by atoms with van der Waals surface area (Å²) in [6.45, 7) is 1.22. The maximum absolute atomic E-state index is 13.5. The molecule has 4 aromatic rings. The lowest BCUT2D eigenvalue weighted by Crippen LogP contribution is -2.30. The standard InChI is InChI=1S/C24H19F3N4O4S/c1-17(32)18-7-9-21(10-8-18)31(36(33,34)23-5-3-2-4-6-23)16-19-15-30(29-28-19)20-11-13-22(14-12-20)35-24(25,26)27/h2-15H,16H2,1H3. The summed E-state index contributed by atoms with van der Waals surface area (Å²) in [7, 11) is -4.02. The molecule has 0 spiro atoms. The van der Waals surface area contributed by atoms with Crippen LogP contribution in [0.4, 0.5) is 18.9 Å². The molecule has 1 heterocycles. The molecule has 0 aliphatic heterocycles. The van der Waals surface area contributed by atoms with Crippen LogP contribution in [0.5, 0.6) is 5.75 Å². The van der Waals surface area contributed by atoms with E-state index in [1.165, 1.54) is 66.3 Å². The van der Waals surface area contributed by atoms with Crippen molar-refractivity contribution in [3.63, 3.8) is 0 Å². The third-order valence-electron chi connectivity index (χ3n) is 5.07. The number of alkyl halides is 3. The molecule has 0 bridgehead atoms. The third kappa shape index (κ3) is 5.71. The average molecular weight is 517 g/mol. The summed E-state index contributed by atoms with van der Waals surface area (Å²) < 4.78 is 70.4. The monoisotopic (exact) mass is 516 g/mol. The van der Waals surface area contributed by atoms with Crippen molar-refractivity contribution in [3.8, 4) is 11.4 Å². The fraction of sp³-hybridized carbons (Fsp3) is 0.125. The number of hydrogen-bond acceptors (Lipinski definition) is 6. The van der Waals surface area contributed by atoms with Gasteiger partial charge in [0.1, 0.15) is 11.4 Å². The zero-order valence-electron chi connectivity index (χ0n) is 18.8. The molecule has 0 fully saturated rings. The molecule has 0 aliphatic carbocycles. The van der Waals surface area contributed by atoms with Gasteiger partial charge in [-0.2, -0.15) is 0 Å². The summed E-state index contributed by atoms with van der Waals surface area (Å²) >= 11 is 0. The van der Waals surface area contributed by atoms with Gasteiger partial charge in [-0.05, 0) is 67.6 Å². The Labute approximate surface area is 204 Å². The molecule has 0 aliphatic rings. The van der Waals surface area contributed by atoms with Crippen LogP contribution in [0, 0.1) is 0 Å². The number of halogens is 3. The highest BCUT2D eigenvalue weighted by atomic mass is 32.2. The van der Waals surface area contributed by atoms with Gasteiger partial charge < -0.3 is 4.74 Å². The smallest absolute Gasteiger partial charge is 0.406 e. The number of carbonyl (C=O) groups is 1. The van der Waals surface area contributed by atoms with Crippen molar-refractivity contribution < 1.29 is 31.1 Å². The molecular weight excluding hydrogens is 497 g/mol. The second-order valence-corrected chi connectivity index (χ2v) is 9.49. The first-order chi connectivity index (χ1) is 17.0. The molecule has 12 heteroatoms. The van der Waals surface area contributed by atoms with Crippen molar-refractivity contribution in [2.75, 3.05) is 4.31 Å². The van der Waals surface area contributed by atoms with Gasteiger partial charge in [0, 0.05) is 5.56 Å². The minimum Gasteiger partial charge on any atom is -0.406 e. The van der Waals surface area contributed by atoms with Crippen LogP contribution in [-0.2, 0) is 16.6 Å². The molecule has 0 atom stereocenters. The van der Waals surface area contributed by atoms with Gasteiger partial charge in [0.05, 0.1) is 29.0 Å². The largest absolute Gasteiger partial charge is 0.573 e. The molecule has 0 N–H and O–H groups in total. The zero-order valence-corrected chi connectivity index (χ0v) is 19.6. The quantitative estimate of drug-likeness (QED) is 0.314. The number of hydrogen-bond donors (Lipinski definition) is 0. The lowest BCUT2D eigenvalue weighted by atomic mass is 10.1. The fourth-order valence-corrected chi connectivity index (χ4v) is 4.80. The van der Waals surface area contributed by atoms with Gasteiger partial charge in [0.15, 0.2) is 5.78 Å². The van der Waals surface area contributed by atoms with E-state index in [0.29, 0.717) is 16.9 Å². The first kappa shape index (κ1) is 24.9. The van der Waals surface area contributed by atoms with E-state index in [0.717, 1.165) is 16.4 Å². The molecule has 36 heavy (non-hydrogen) atoms. The molecule has 0 amide bonds. The van der Waals surface area contributed by atoms with Gasteiger partial charge >= 0.3 is 6.36 Å². The molecule has 3 aromatic carbocycles. The van der Waals surface area contributed by atoms with Gasteiger partial charge in [0.25, 0.3) is 10.0 Å². The van der Waals surface area contributed by atoms with E-state index in [9.17, 15) is 26.4 Å². The number of ketones is 1. The number of carbonyl (C=O) groups excluding carboxylic acids is 1. The minimum atomic E-state index is -4.81. The van der Waals surface area contributed by atoms with Crippen LogP contribution in [0.1, 0.15) is 23.0 Å². The van der Waals surface area contributed by atoms with Crippen LogP contribution in [0.3, 0.4) is 0 Å². The van der Waals surface area contributed by atoms with Crippen molar-refractivity contribution in [3.05, 3.63) is 96.3 Å². The topological polar surface area (TPSA) is 94.4 Å². The first-order valence-electron chi connectivity index (χ1n) is 10.5. The maximum atomic E-state index is 13.5. The van der Waals surface area contributed by atoms with Gasteiger partial charge in [-0.1, -0.05) is 23.4 Å². The van der Waals surface area contributed by atoms with Crippen LogP contribution in [0.2, 0.25) is 0 Å². The minimum absolute atomic E-state index is 0.0632. The number of Topliss-reactive ketones (excluding diaryl/α,β-unsaturated/α-hetero) is 1. The van der Waals surface area contributed by atoms with E-state index in [2.05, 4.69) is 15.0 Å². The molecule has 0 saturated heterocycles. The molecule has 4 rings (SSSR count). The van der Waals surface area contributed by atoms with E-state index in [1.807, 2.05) is 0 Å². The Bertz CT molecular complexity index is 1450. The number of benzene rings is 3. The van der Waals surface area contributed by atoms with Crippen molar-refractivity contribution in [2.45, 2.75) is 24.7 Å². The third-order valence-corrected chi connectivity index (χ3v) is 6.86. The summed E-state index contributed by atoms with van der Waals surface area (Å²) in [4.78, 5) is 11.7. The van der Waals surface area contributed by atoms with E-state index < -0.39 is 16.4 Å². The molecule has 1 aromatic heterocycles. The fourth-order valence-electron chi connectivity index (χ4n) is 3.34. The summed E-state index contributed by atoms with van der Waals surface area (Å²) in [5.74, 6) is -0.547. The lowest BCUT2D eigenvalue weighted by molar-refractivity contribution is -0.274. The highest BCUT2D eigenvalue weighted by Gasteiger charge is 2.31. The van der Waals surface area contributed by atoms with Gasteiger partial charge in [0.2, 0.25) is 0 Å². The zero-order chi connectivity index (χ0) is 25.9. The Hall–Kier alpha value is -4.19. The molecule has 8 nitrogen and oxygen atoms in total. The van der Waals surface area contributed by atoms with Gasteiger partial charge in [-0.25, -0.2) is 13.1 Å². The highest BCUT2D eigenvalue weighted by molar-refractivity contribution is 7.92. The summed E-state index contributed by atoms with van der Waals surface area (Å²) in [6, 6.07) is 18.9. The Morgan fingerprint density at radius 2 is 1.61 bits per heavy atom. The van der Waals surface area contributed by atoms with E-state index in [-0.39, 0.29) is 28.7 Å². The van der Waals surface area contributed by atoms with Crippen LogP contribution < -0.4 is 9.04 Å². The molecule has 186 valence electrons. The summed E-state index contributed by atoms with van der Waals surface area (Å²) in [6.07, 6.45) is -3.34. The van der Waals surface area contributed by atoms with Gasteiger partial charge in [-0.3, -0.25) is 9.10 Å². The normalized spacial score (nSPS) is 11.8. The number of aromatic nitrogens is 3. The number of sulfonamides is 1. The van der Waals surface area contributed by atoms with Crippen molar-refractivity contribution >= 4 is 21.5 Å². The predicted octanol–water partition coefficient (Wildman–Crippen LogP) is 4.76. The molecule has 0 saturated carbocycles. The van der Waals surface area contributed by atoms with Crippen LogP contribution in [0.15, 0.2) is 90.0 Å². The second kappa shape index (κ2) is 9.82. The highest BCUT2D eigenvalue weighted by Crippen LogP contribution is 2.27. The van der Waals surface area contributed by atoms with E-state index >= 15 is 0 Å². The first-order valence-corrected chi connectivity index (χ1v) is 11.9. The summed E-state index contributed by atoms with van der Waals surface area (Å²) in [5.41, 5.74) is 1.42. The van der Waals surface area contributed by atoms with Crippen LogP contribution >= 0.6 is 0 Å². The molecule has 0 radical (unpaired) electrons. The van der Waals surface area contributed by atoms with Crippen LogP contribution in [0.25, 0.3) is 5.69 Å². The summed E-state index contributed by atoms with van der Waals surface area (Å²) in [5, 5.41) is 8.00. The average Bonchev–Trinajstić information content (AvgIpc) is 3.31. The van der Waals surface area contributed by atoms with E-state index in [4.69, 9.17) is 0 Å². The van der Waals surface area contributed by atoms with Crippen LogP contribution in [-0.4, -0.2) is 35.6 Å². The SMILES string of the molecule is CC(=O)c1ccc(N(Cc2cn(-c3ccc(OC(F)(F)F)cc3)nn2)S(=O)(=O)c2ccccc2)cc1. The number of anilines is 1. The second-order valence-electron chi connectivity index (χ2n) is 7.62. The number of ether oxygens (including phenoxy) is 1. The van der Waals surface area contributed by atoms with Gasteiger partial charge in [-0.15, -0.1) is 18.3 Å². The van der Waals surface area contributed by atoms with Crippen molar-refractivity contribution in [1.82, 2.24) is 15.0 Å². The maximum Gasteiger partial charge on any atom is 0.573 e. The molecular formula is C24H19F3N4O4S. The van der Waals surface area contributed by atoms with Crippen molar-refractivity contribution in [1.29, 1.82) is 0 Å². The Kier molecular flexibility index (Phi) is 6.80. The predicted molar refractivity (Wildman–Crippen MR) is 124 cm³/mol. The van der Waals surface area contributed by atoms with E-state index in [1.54, 1.807) is 18.2 Å². The Morgan fingerprint density at radius 3 is 2.19 bits per heavy atom. The number of nitrogens with zero attached hydrogens (tertiary/aromatic N) is 4. The number of rotatable bonds is 8.